The van der Waals surface area contributed by atoms with Gasteiger partial charge in [0.05, 0.1) is 13.2 Å². The normalized spacial score (nSPS) is 19.5. The predicted octanol–water partition coefficient (Wildman–Crippen LogP) is 1.60. The first-order chi connectivity index (χ1) is 7.25. The molecule has 0 aliphatic carbocycles. The van der Waals surface area contributed by atoms with Crippen LogP contribution in [0.15, 0.2) is 17.3 Å². The smallest absolute Gasteiger partial charge is 0.132 e. The van der Waals surface area contributed by atoms with Gasteiger partial charge in [0.1, 0.15) is 5.84 Å². The number of hydrogen-bond acceptors (Lipinski definition) is 4. The van der Waals surface area contributed by atoms with Gasteiger partial charge in [-0.1, -0.05) is 6.58 Å². The van der Waals surface area contributed by atoms with Gasteiger partial charge in [0.25, 0.3) is 0 Å². The van der Waals surface area contributed by atoms with Crippen molar-refractivity contribution in [3.05, 3.63) is 33.2 Å². The highest BCUT2D eigenvalue weighted by Crippen LogP contribution is 2.35. The summed E-state index contributed by atoms with van der Waals surface area (Å²) in [6.45, 7) is 5.40. The molecule has 0 fully saturated rings. The van der Waals surface area contributed by atoms with Gasteiger partial charge in [0.15, 0.2) is 0 Å². The fourth-order valence-electron chi connectivity index (χ4n) is 2.16. The molecule has 0 saturated heterocycles. The van der Waals surface area contributed by atoms with Crippen LogP contribution in [0.3, 0.4) is 0 Å². The number of nitrogens with two attached hydrogens (primary N) is 1. The van der Waals surface area contributed by atoms with Crippen molar-refractivity contribution >= 4 is 17.2 Å². The van der Waals surface area contributed by atoms with Crippen molar-refractivity contribution in [2.45, 2.75) is 19.4 Å². The molecule has 0 atom stereocenters. The van der Waals surface area contributed by atoms with Crippen molar-refractivity contribution < 1.29 is 4.74 Å². The largest absolute Gasteiger partial charge is 0.383 e. The molecule has 0 aromatic carbocycles. The Bertz CT molecular complexity index is 473. The molecular formula is C11H12N2OS. The van der Waals surface area contributed by atoms with Crippen LogP contribution in [0.2, 0.25) is 0 Å². The molecule has 0 amide bonds. The first-order valence-corrected chi connectivity index (χ1v) is 5.81. The molecule has 4 heteroatoms. The highest BCUT2D eigenvalue weighted by atomic mass is 32.1. The molecule has 3 nitrogen and oxygen atoms in total. The van der Waals surface area contributed by atoms with E-state index in [2.05, 4.69) is 11.6 Å². The number of thiophene rings is 1. The van der Waals surface area contributed by atoms with E-state index in [1.165, 1.54) is 20.9 Å². The molecule has 1 aromatic rings. The number of ether oxygens (including phenoxy) is 1. The lowest BCUT2D eigenvalue weighted by Gasteiger charge is -2.15. The maximum Gasteiger partial charge on any atom is 0.132 e. The van der Waals surface area contributed by atoms with Crippen molar-refractivity contribution in [2.24, 2.45) is 10.7 Å². The van der Waals surface area contributed by atoms with Crippen LogP contribution >= 0.6 is 11.3 Å². The number of amidine groups is 1. The van der Waals surface area contributed by atoms with E-state index in [4.69, 9.17) is 10.5 Å². The van der Waals surface area contributed by atoms with E-state index in [0.717, 1.165) is 31.8 Å². The third kappa shape index (κ3) is 1.33. The van der Waals surface area contributed by atoms with Gasteiger partial charge >= 0.3 is 0 Å². The van der Waals surface area contributed by atoms with Gasteiger partial charge in [-0.15, -0.1) is 11.3 Å². The molecule has 0 radical (unpaired) electrons. The minimum atomic E-state index is 0.639. The maximum absolute atomic E-state index is 5.96. The molecule has 3 heterocycles. The molecule has 0 saturated carbocycles. The van der Waals surface area contributed by atoms with E-state index in [1.54, 1.807) is 11.3 Å². The third-order valence-electron chi connectivity index (χ3n) is 2.79. The van der Waals surface area contributed by atoms with Gasteiger partial charge in [0.2, 0.25) is 0 Å². The fraction of sp³-hybridized carbons (Fsp3) is 0.364. The molecule has 2 N–H and O–H groups in total. The van der Waals surface area contributed by atoms with Gasteiger partial charge in [-0.25, -0.2) is 4.99 Å². The van der Waals surface area contributed by atoms with Gasteiger partial charge in [-0.2, -0.15) is 0 Å². The van der Waals surface area contributed by atoms with E-state index >= 15 is 0 Å². The second kappa shape index (κ2) is 3.18. The average molecular weight is 220 g/mol. The lowest BCUT2D eigenvalue weighted by atomic mass is 10.00. The highest BCUT2D eigenvalue weighted by Gasteiger charge is 2.25. The Labute approximate surface area is 92.3 Å². The van der Waals surface area contributed by atoms with Crippen LogP contribution in [-0.4, -0.2) is 12.4 Å². The second-order valence-electron chi connectivity index (χ2n) is 3.84. The molecular weight excluding hydrogens is 208 g/mol. The summed E-state index contributed by atoms with van der Waals surface area (Å²) in [6, 6.07) is 0. The Kier molecular flexibility index (Phi) is 1.94. The van der Waals surface area contributed by atoms with E-state index in [1.807, 2.05) is 0 Å². The summed E-state index contributed by atoms with van der Waals surface area (Å²) in [5.74, 6) is 0.639. The van der Waals surface area contributed by atoms with Crippen molar-refractivity contribution in [2.75, 3.05) is 6.61 Å². The Morgan fingerprint density at radius 3 is 3.13 bits per heavy atom. The minimum Gasteiger partial charge on any atom is -0.383 e. The Morgan fingerprint density at radius 1 is 1.40 bits per heavy atom. The number of nitrogens with zero attached hydrogens (tertiary/aromatic N) is 1. The summed E-state index contributed by atoms with van der Waals surface area (Å²) >= 11 is 1.80. The molecule has 0 spiro atoms. The minimum absolute atomic E-state index is 0.639. The number of fused-ring (bicyclic) bond motifs is 3. The molecule has 1 aromatic heterocycles. The monoisotopic (exact) mass is 220 g/mol. The number of hydrogen-bond donors (Lipinski definition) is 1. The molecule has 0 unspecified atom stereocenters. The van der Waals surface area contributed by atoms with Crippen LogP contribution in [0.1, 0.15) is 20.9 Å². The molecule has 78 valence electrons. The van der Waals surface area contributed by atoms with Crippen molar-refractivity contribution in [1.29, 1.82) is 0 Å². The zero-order chi connectivity index (χ0) is 10.4. The summed E-state index contributed by atoms with van der Waals surface area (Å²) in [4.78, 5) is 6.90. The average Bonchev–Trinajstić information content (AvgIpc) is 2.54. The number of aliphatic imine (C=N–C) groups is 1. The molecule has 2 aliphatic heterocycles. The molecule has 3 rings (SSSR count). The molecule has 0 bridgehead atoms. The number of rotatable bonds is 0. The van der Waals surface area contributed by atoms with Crippen LogP contribution in [0.4, 0.5) is 0 Å². The standard InChI is InChI=1S/C11H12N2OS/c1-6-4-8-10(11(12)13-6)7-2-3-14-5-9(7)15-8/h1-5H2,(H2,12,13). The first kappa shape index (κ1) is 9.12. The first-order valence-electron chi connectivity index (χ1n) is 4.99. The lowest BCUT2D eigenvalue weighted by molar-refractivity contribution is 0.113. The lowest BCUT2D eigenvalue weighted by Crippen LogP contribution is -2.21. The Balaban J connectivity index is 2.19. The summed E-state index contributed by atoms with van der Waals surface area (Å²) < 4.78 is 5.44. The zero-order valence-corrected chi connectivity index (χ0v) is 9.19. The van der Waals surface area contributed by atoms with E-state index in [-0.39, 0.29) is 0 Å². The summed E-state index contributed by atoms with van der Waals surface area (Å²) in [6.07, 6.45) is 1.80. The van der Waals surface area contributed by atoms with Gasteiger partial charge in [0, 0.05) is 27.4 Å². The molecule has 15 heavy (non-hydrogen) atoms. The summed E-state index contributed by atoms with van der Waals surface area (Å²) in [7, 11) is 0. The van der Waals surface area contributed by atoms with Crippen molar-refractivity contribution in [3.8, 4) is 0 Å². The van der Waals surface area contributed by atoms with E-state index < -0.39 is 0 Å². The van der Waals surface area contributed by atoms with Crippen LogP contribution in [0.5, 0.6) is 0 Å². The van der Waals surface area contributed by atoms with Crippen molar-refractivity contribution in [3.63, 3.8) is 0 Å². The van der Waals surface area contributed by atoms with E-state index in [0.29, 0.717) is 5.84 Å². The fourth-order valence-corrected chi connectivity index (χ4v) is 3.50. The quantitative estimate of drug-likeness (QED) is 0.722. The topological polar surface area (TPSA) is 47.6 Å². The van der Waals surface area contributed by atoms with Crippen molar-refractivity contribution in [1.82, 2.24) is 0 Å². The van der Waals surface area contributed by atoms with Crippen LogP contribution in [-0.2, 0) is 24.2 Å². The van der Waals surface area contributed by atoms with Gasteiger partial charge in [-0.3, -0.25) is 0 Å². The number of allylic oxidation sites excluding steroid dienone is 1. The third-order valence-corrected chi connectivity index (χ3v) is 4.00. The highest BCUT2D eigenvalue weighted by molar-refractivity contribution is 7.12. The SMILES string of the molecule is C=C1Cc2sc3c(c2C(N)=N1)CCOC3. The zero-order valence-electron chi connectivity index (χ0n) is 8.38. The van der Waals surface area contributed by atoms with Crippen LogP contribution < -0.4 is 5.73 Å². The van der Waals surface area contributed by atoms with Gasteiger partial charge in [-0.05, 0) is 12.0 Å². The summed E-state index contributed by atoms with van der Waals surface area (Å²) in [5, 5.41) is 0. The molecule has 2 aliphatic rings. The Morgan fingerprint density at radius 2 is 2.27 bits per heavy atom. The van der Waals surface area contributed by atoms with E-state index in [9.17, 15) is 0 Å². The maximum atomic E-state index is 5.96. The Hall–Kier alpha value is -1.13. The second-order valence-corrected chi connectivity index (χ2v) is 5.03. The summed E-state index contributed by atoms with van der Waals surface area (Å²) in [5.41, 5.74) is 9.35. The van der Waals surface area contributed by atoms with Crippen LogP contribution in [0.25, 0.3) is 0 Å². The van der Waals surface area contributed by atoms with Gasteiger partial charge < -0.3 is 10.5 Å². The van der Waals surface area contributed by atoms with Crippen LogP contribution in [0, 0.1) is 0 Å². The predicted molar refractivity (Wildman–Crippen MR) is 61.2 cm³/mol.